The lowest BCUT2D eigenvalue weighted by atomic mass is 9.78. The third-order valence-corrected chi connectivity index (χ3v) is 5.70. The van der Waals surface area contributed by atoms with Gasteiger partial charge in [0.2, 0.25) is 0 Å². The average molecular weight is 328 g/mol. The summed E-state index contributed by atoms with van der Waals surface area (Å²) < 4.78 is 6.15. The molecule has 21 heavy (non-hydrogen) atoms. The maximum atomic E-state index is 6.41. The Hall–Kier alpha value is -0.280. The van der Waals surface area contributed by atoms with Gasteiger partial charge >= 0.3 is 0 Å². The normalized spacial score (nSPS) is 26.1. The molecule has 2 unspecified atom stereocenters. The van der Waals surface area contributed by atoms with Gasteiger partial charge in [-0.1, -0.05) is 36.0 Å². The molecule has 1 saturated heterocycles. The van der Waals surface area contributed by atoms with Crippen molar-refractivity contribution in [3.05, 3.63) is 33.8 Å². The molecule has 116 valence electrons. The third-order valence-electron chi connectivity index (χ3n) is 5.12. The number of rotatable bonds is 3. The van der Waals surface area contributed by atoms with Crippen molar-refractivity contribution in [2.24, 2.45) is 5.92 Å². The van der Waals surface area contributed by atoms with Gasteiger partial charge in [0, 0.05) is 22.7 Å². The first-order chi connectivity index (χ1) is 10.1. The second kappa shape index (κ2) is 6.45. The molecule has 4 heteroatoms. The summed E-state index contributed by atoms with van der Waals surface area (Å²) in [5.74, 6) is 0.554. The Morgan fingerprint density at radius 3 is 2.76 bits per heavy atom. The van der Waals surface area contributed by atoms with E-state index in [2.05, 4.69) is 5.32 Å². The van der Waals surface area contributed by atoms with E-state index in [-0.39, 0.29) is 11.6 Å². The highest BCUT2D eigenvalue weighted by Gasteiger charge is 2.42. The van der Waals surface area contributed by atoms with Crippen LogP contribution < -0.4 is 5.32 Å². The lowest BCUT2D eigenvalue weighted by Crippen LogP contribution is -2.41. The van der Waals surface area contributed by atoms with Gasteiger partial charge in [-0.3, -0.25) is 0 Å². The summed E-state index contributed by atoms with van der Waals surface area (Å²) in [6, 6.07) is 6.00. The minimum Gasteiger partial charge on any atom is -0.375 e. The van der Waals surface area contributed by atoms with Crippen LogP contribution in [0.25, 0.3) is 0 Å². The lowest BCUT2D eigenvalue weighted by molar-refractivity contribution is -0.0978. The summed E-state index contributed by atoms with van der Waals surface area (Å²) in [5.41, 5.74) is 1.25. The van der Waals surface area contributed by atoms with Gasteiger partial charge in [-0.25, -0.2) is 0 Å². The average Bonchev–Trinajstić information content (AvgIpc) is 2.91. The Morgan fingerprint density at radius 2 is 2.05 bits per heavy atom. The zero-order valence-electron chi connectivity index (χ0n) is 12.5. The van der Waals surface area contributed by atoms with E-state index in [0.29, 0.717) is 5.92 Å². The molecular weight excluding hydrogens is 305 g/mol. The quantitative estimate of drug-likeness (QED) is 0.844. The number of ether oxygens (including phenoxy) is 1. The van der Waals surface area contributed by atoms with Gasteiger partial charge in [0.05, 0.1) is 5.60 Å². The molecule has 2 nitrogen and oxygen atoms in total. The first-order valence-electron chi connectivity index (χ1n) is 7.90. The van der Waals surface area contributed by atoms with Crippen molar-refractivity contribution in [2.45, 2.75) is 50.2 Å². The fraction of sp³-hybridized carbons (Fsp3) is 0.647. The van der Waals surface area contributed by atoms with E-state index in [1.54, 1.807) is 0 Å². The van der Waals surface area contributed by atoms with E-state index in [9.17, 15) is 0 Å². The van der Waals surface area contributed by atoms with Crippen LogP contribution in [-0.2, 0) is 4.74 Å². The fourth-order valence-electron chi connectivity index (χ4n) is 4.12. The van der Waals surface area contributed by atoms with Gasteiger partial charge in [0.15, 0.2) is 0 Å². The van der Waals surface area contributed by atoms with Crippen molar-refractivity contribution < 1.29 is 4.74 Å². The summed E-state index contributed by atoms with van der Waals surface area (Å²) in [7, 11) is 2.01. The second-order valence-corrected chi connectivity index (χ2v) is 7.27. The van der Waals surface area contributed by atoms with Gasteiger partial charge in [0.1, 0.15) is 0 Å². The van der Waals surface area contributed by atoms with Crippen molar-refractivity contribution in [2.75, 3.05) is 13.7 Å². The molecule has 2 fully saturated rings. The fourth-order valence-corrected chi connectivity index (χ4v) is 4.53. The Labute approximate surface area is 137 Å². The highest BCUT2D eigenvalue weighted by molar-refractivity contribution is 6.33. The van der Waals surface area contributed by atoms with E-state index in [1.165, 1.54) is 25.7 Å². The molecule has 3 rings (SSSR count). The predicted octanol–water partition coefficient (Wildman–Crippen LogP) is 4.99. The SMILES string of the molecule is CNC(c1cc(Cl)ccc1Cl)C1CCOC2(CCCC2)C1. The maximum absolute atomic E-state index is 6.41. The van der Waals surface area contributed by atoms with Crippen molar-refractivity contribution >= 4 is 23.2 Å². The number of hydrogen-bond donors (Lipinski definition) is 1. The van der Waals surface area contributed by atoms with E-state index in [1.807, 2.05) is 25.2 Å². The largest absolute Gasteiger partial charge is 0.375 e. The van der Waals surface area contributed by atoms with Crippen LogP contribution in [0.2, 0.25) is 10.0 Å². The first kappa shape index (κ1) is 15.6. The maximum Gasteiger partial charge on any atom is 0.0686 e. The van der Waals surface area contributed by atoms with E-state index in [4.69, 9.17) is 27.9 Å². The minimum atomic E-state index is 0.128. The molecule has 0 radical (unpaired) electrons. The van der Waals surface area contributed by atoms with Crippen LogP contribution in [-0.4, -0.2) is 19.3 Å². The van der Waals surface area contributed by atoms with Gasteiger partial charge in [0.25, 0.3) is 0 Å². The van der Waals surface area contributed by atoms with Crippen LogP contribution in [0.3, 0.4) is 0 Å². The monoisotopic (exact) mass is 327 g/mol. The Bertz CT molecular complexity index is 500. The zero-order valence-corrected chi connectivity index (χ0v) is 14.0. The molecular formula is C17H23Cl2NO. The smallest absolute Gasteiger partial charge is 0.0686 e. The summed E-state index contributed by atoms with van der Waals surface area (Å²) in [4.78, 5) is 0. The predicted molar refractivity (Wildman–Crippen MR) is 88.1 cm³/mol. The van der Waals surface area contributed by atoms with Gasteiger partial charge in [-0.15, -0.1) is 0 Å². The molecule has 2 atom stereocenters. The summed E-state index contributed by atoms with van der Waals surface area (Å²) in [6.07, 6.45) is 7.23. The van der Waals surface area contributed by atoms with Crippen molar-refractivity contribution in [3.8, 4) is 0 Å². The van der Waals surface area contributed by atoms with Crippen molar-refractivity contribution in [1.29, 1.82) is 0 Å². The third kappa shape index (κ3) is 3.24. The molecule has 0 bridgehead atoms. The van der Waals surface area contributed by atoms with Crippen LogP contribution in [0.4, 0.5) is 0 Å². The summed E-state index contributed by atoms with van der Waals surface area (Å²) in [6.45, 7) is 0.862. The molecule has 1 saturated carbocycles. The molecule has 1 aliphatic heterocycles. The molecule has 1 heterocycles. The highest BCUT2D eigenvalue weighted by Crippen LogP contribution is 2.46. The number of hydrogen-bond acceptors (Lipinski definition) is 2. The molecule has 2 aliphatic rings. The van der Waals surface area contributed by atoms with Crippen LogP contribution in [0.5, 0.6) is 0 Å². The molecule has 0 amide bonds. The van der Waals surface area contributed by atoms with Gasteiger partial charge < -0.3 is 10.1 Å². The number of nitrogens with one attached hydrogen (secondary N) is 1. The number of benzene rings is 1. The number of halogens is 2. The molecule has 1 aromatic carbocycles. The topological polar surface area (TPSA) is 21.3 Å². The molecule has 1 spiro atoms. The van der Waals surface area contributed by atoms with Crippen LogP contribution >= 0.6 is 23.2 Å². The Morgan fingerprint density at radius 1 is 1.29 bits per heavy atom. The van der Waals surface area contributed by atoms with Crippen molar-refractivity contribution in [3.63, 3.8) is 0 Å². The molecule has 1 aromatic rings. The molecule has 1 aliphatic carbocycles. The summed E-state index contributed by atoms with van der Waals surface area (Å²) in [5, 5.41) is 5.01. The van der Waals surface area contributed by atoms with Gasteiger partial charge in [-0.05, 0) is 62.4 Å². The zero-order chi connectivity index (χ0) is 14.9. The standard InChI is InChI=1S/C17H23Cl2NO/c1-20-16(14-10-13(18)4-5-15(14)19)12-6-9-21-17(11-12)7-2-3-8-17/h4-5,10,12,16,20H,2-3,6-9,11H2,1H3. The lowest BCUT2D eigenvalue weighted by Gasteiger charge is -2.41. The first-order valence-corrected chi connectivity index (χ1v) is 8.65. The Kier molecular flexibility index (Phi) is 4.80. The molecule has 1 N–H and O–H groups in total. The minimum absolute atomic E-state index is 0.128. The second-order valence-electron chi connectivity index (χ2n) is 6.42. The van der Waals surface area contributed by atoms with Crippen LogP contribution in [0.15, 0.2) is 18.2 Å². The van der Waals surface area contributed by atoms with Crippen LogP contribution in [0.1, 0.15) is 50.1 Å². The Balaban J connectivity index is 1.84. The van der Waals surface area contributed by atoms with Crippen molar-refractivity contribution in [1.82, 2.24) is 5.32 Å². The molecule has 0 aromatic heterocycles. The van der Waals surface area contributed by atoms with E-state index in [0.717, 1.165) is 35.1 Å². The van der Waals surface area contributed by atoms with E-state index >= 15 is 0 Å². The van der Waals surface area contributed by atoms with E-state index < -0.39 is 0 Å². The van der Waals surface area contributed by atoms with Crippen LogP contribution in [0, 0.1) is 5.92 Å². The highest BCUT2D eigenvalue weighted by atomic mass is 35.5. The van der Waals surface area contributed by atoms with Gasteiger partial charge in [-0.2, -0.15) is 0 Å². The summed E-state index contributed by atoms with van der Waals surface area (Å²) >= 11 is 12.6.